The van der Waals surface area contributed by atoms with Crippen LogP contribution in [-0.2, 0) is 14.3 Å². The molecule has 36 heavy (non-hydrogen) atoms. The van der Waals surface area contributed by atoms with E-state index in [0.29, 0.717) is 17.2 Å². The Morgan fingerprint density at radius 2 is 1.53 bits per heavy atom. The van der Waals surface area contributed by atoms with Gasteiger partial charge in [0.15, 0.2) is 5.75 Å². The van der Waals surface area contributed by atoms with Crippen molar-refractivity contribution in [2.75, 3.05) is 62.0 Å². The van der Waals surface area contributed by atoms with Crippen LogP contribution in [0.1, 0.15) is 5.56 Å². The highest BCUT2D eigenvalue weighted by atomic mass is 16.5. The van der Waals surface area contributed by atoms with Crippen LogP contribution in [0, 0.1) is 6.92 Å². The van der Waals surface area contributed by atoms with E-state index >= 15 is 0 Å². The Labute approximate surface area is 211 Å². The van der Waals surface area contributed by atoms with Gasteiger partial charge in [0.25, 0.3) is 0 Å². The molecule has 1 heterocycles. The van der Waals surface area contributed by atoms with Gasteiger partial charge >= 0.3 is 0 Å². The fourth-order valence-electron chi connectivity index (χ4n) is 3.91. The average molecular weight is 489 g/mol. The molecule has 1 aliphatic heterocycles. The minimum atomic E-state index is -0.236. The number of nitrogens with zero attached hydrogens (tertiary/aromatic N) is 2. The molecule has 0 atom stereocenters. The molecule has 2 amide bonds. The van der Waals surface area contributed by atoms with Crippen LogP contribution in [0.15, 0.2) is 72.8 Å². The van der Waals surface area contributed by atoms with Gasteiger partial charge in [-0.1, -0.05) is 29.8 Å². The number of carbonyl (C=O) groups is 2. The van der Waals surface area contributed by atoms with E-state index in [2.05, 4.69) is 15.5 Å². The van der Waals surface area contributed by atoms with E-state index < -0.39 is 0 Å². The smallest absolute Gasteiger partial charge is 0.238 e. The van der Waals surface area contributed by atoms with E-state index in [9.17, 15) is 9.59 Å². The summed E-state index contributed by atoms with van der Waals surface area (Å²) in [5, 5.41) is 5.77. The maximum atomic E-state index is 12.6. The number of anilines is 3. The average Bonchev–Trinajstić information content (AvgIpc) is 2.87. The summed E-state index contributed by atoms with van der Waals surface area (Å²) in [5.41, 5.74) is 3.54. The molecular formula is C28H32N4O4. The molecule has 3 aromatic carbocycles. The molecule has 8 heteroatoms. The fourth-order valence-corrected chi connectivity index (χ4v) is 3.91. The lowest BCUT2D eigenvalue weighted by Gasteiger charge is -2.28. The van der Waals surface area contributed by atoms with Crippen LogP contribution in [0.25, 0.3) is 0 Å². The SMILES string of the molecule is Cc1ccc(Oc2ccccc2NC(=O)CN(C)CC(=O)Nc2ccc(N3CCOCC3)cc2)cc1. The third-order valence-electron chi connectivity index (χ3n) is 5.76. The first kappa shape index (κ1) is 25.2. The second kappa shape index (κ2) is 12.2. The zero-order chi connectivity index (χ0) is 25.3. The monoisotopic (exact) mass is 488 g/mol. The summed E-state index contributed by atoms with van der Waals surface area (Å²) in [6.45, 7) is 5.33. The first-order valence-electron chi connectivity index (χ1n) is 12.0. The van der Waals surface area contributed by atoms with Gasteiger partial charge in [0, 0.05) is 24.5 Å². The number of aryl methyl sites for hydroxylation is 1. The van der Waals surface area contributed by atoms with E-state index in [1.54, 1.807) is 24.1 Å². The van der Waals surface area contributed by atoms with E-state index in [1.165, 1.54) is 0 Å². The van der Waals surface area contributed by atoms with E-state index in [1.807, 2.05) is 67.6 Å². The van der Waals surface area contributed by atoms with Gasteiger partial charge in [0.05, 0.1) is 32.0 Å². The predicted molar refractivity (Wildman–Crippen MR) is 142 cm³/mol. The van der Waals surface area contributed by atoms with E-state index in [0.717, 1.165) is 43.2 Å². The van der Waals surface area contributed by atoms with Gasteiger partial charge < -0.3 is 25.0 Å². The van der Waals surface area contributed by atoms with Gasteiger partial charge in [-0.2, -0.15) is 0 Å². The summed E-state index contributed by atoms with van der Waals surface area (Å²) in [5.74, 6) is 0.817. The maximum absolute atomic E-state index is 12.6. The normalized spacial score (nSPS) is 13.4. The van der Waals surface area contributed by atoms with Gasteiger partial charge in [-0.25, -0.2) is 0 Å². The van der Waals surface area contributed by atoms with Crippen molar-refractivity contribution >= 4 is 28.9 Å². The number of rotatable bonds is 9. The first-order valence-corrected chi connectivity index (χ1v) is 12.0. The lowest BCUT2D eigenvalue weighted by Crippen LogP contribution is -2.36. The van der Waals surface area contributed by atoms with Crippen LogP contribution in [0.2, 0.25) is 0 Å². The van der Waals surface area contributed by atoms with Crippen molar-refractivity contribution in [3.8, 4) is 11.5 Å². The number of amides is 2. The van der Waals surface area contributed by atoms with Gasteiger partial charge in [-0.05, 0) is 62.5 Å². The lowest BCUT2D eigenvalue weighted by atomic mass is 10.2. The number of carbonyl (C=O) groups excluding carboxylic acids is 2. The largest absolute Gasteiger partial charge is 0.455 e. The Morgan fingerprint density at radius 1 is 0.889 bits per heavy atom. The van der Waals surface area contributed by atoms with Crippen LogP contribution >= 0.6 is 0 Å². The molecule has 4 rings (SSSR count). The molecule has 1 saturated heterocycles. The number of ether oxygens (including phenoxy) is 2. The molecule has 2 N–H and O–H groups in total. The van der Waals surface area contributed by atoms with Crippen molar-refractivity contribution in [2.24, 2.45) is 0 Å². The molecule has 188 valence electrons. The summed E-state index contributed by atoms with van der Waals surface area (Å²) in [7, 11) is 1.73. The first-order chi connectivity index (χ1) is 17.5. The Bertz CT molecular complexity index is 1160. The Balaban J connectivity index is 1.25. The van der Waals surface area contributed by atoms with Gasteiger partial charge in [-0.3, -0.25) is 14.5 Å². The Hall–Kier alpha value is -3.88. The van der Waals surface area contributed by atoms with Crippen molar-refractivity contribution in [1.82, 2.24) is 4.90 Å². The second-order valence-corrected chi connectivity index (χ2v) is 8.83. The molecule has 0 unspecified atom stereocenters. The lowest BCUT2D eigenvalue weighted by molar-refractivity contribution is -0.119. The number of benzene rings is 3. The van der Waals surface area contributed by atoms with Crippen LogP contribution in [0.4, 0.5) is 17.1 Å². The summed E-state index contributed by atoms with van der Waals surface area (Å²) in [6, 6.07) is 22.7. The number of hydrogen-bond donors (Lipinski definition) is 2. The topological polar surface area (TPSA) is 83.1 Å². The van der Waals surface area contributed by atoms with Crippen LogP contribution < -0.4 is 20.3 Å². The number of likely N-dealkylation sites (N-methyl/N-ethyl adjacent to an activating group) is 1. The molecule has 1 fully saturated rings. The number of hydrogen-bond acceptors (Lipinski definition) is 6. The molecule has 0 radical (unpaired) electrons. The van der Waals surface area contributed by atoms with Crippen molar-refractivity contribution < 1.29 is 19.1 Å². The van der Waals surface area contributed by atoms with Gasteiger partial charge in [0.1, 0.15) is 5.75 Å². The number of morpholine rings is 1. The fraction of sp³-hybridized carbons (Fsp3) is 0.286. The third kappa shape index (κ3) is 7.31. The standard InChI is InChI=1S/C28H32N4O4/c1-21-7-13-24(14-8-21)36-26-6-4-3-5-25(26)30-28(34)20-31(2)19-27(33)29-22-9-11-23(12-10-22)32-15-17-35-18-16-32/h3-14H,15-20H2,1-2H3,(H,29,33)(H,30,34). The minimum Gasteiger partial charge on any atom is -0.455 e. The minimum absolute atomic E-state index is 0.0578. The Morgan fingerprint density at radius 3 is 2.22 bits per heavy atom. The molecule has 0 spiro atoms. The van der Waals surface area contributed by atoms with Crippen molar-refractivity contribution in [2.45, 2.75) is 6.92 Å². The third-order valence-corrected chi connectivity index (χ3v) is 5.76. The Kier molecular flexibility index (Phi) is 8.54. The van der Waals surface area contributed by atoms with Crippen LogP contribution in [0.3, 0.4) is 0 Å². The number of para-hydroxylation sites is 2. The summed E-state index contributed by atoms with van der Waals surface area (Å²) in [4.78, 5) is 29.1. The van der Waals surface area contributed by atoms with Crippen LogP contribution in [0.5, 0.6) is 11.5 Å². The van der Waals surface area contributed by atoms with Crippen molar-refractivity contribution in [1.29, 1.82) is 0 Å². The maximum Gasteiger partial charge on any atom is 0.238 e. The highest BCUT2D eigenvalue weighted by Gasteiger charge is 2.14. The zero-order valence-electron chi connectivity index (χ0n) is 20.7. The van der Waals surface area contributed by atoms with Gasteiger partial charge in [-0.15, -0.1) is 0 Å². The van der Waals surface area contributed by atoms with Crippen molar-refractivity contribution in [3.05, 3.63) is 78.4 Å². The van der Waals surface area contributed by atoms with Crippen molar-refractivity contribution in [3.63, 3.8) is 0 Å². The van der Waals surface area contributed by atoms with E-state index in [4.69, 9.17) is 9.47 Å². The van der Waals surface area contributed by atoms with E-state index in [-0.39, 0.29) is 24.9 Å². The number of nitrogens with one attached hydrogen (secondary N) is 2. The highest BCUT2D eigenvalue weighted by Crippen LogP contribution is 2.29. The summed E-state index contributed by atoms with van der Waals surface area (Å²) < 4.78 is 11.3. The quantitative estimate of drug-likeness (QED) is 0.471. The van der Waals surface area contributed by atoms with Crippen LogP contribution in [-0.4, -0.2) is 63.2 Å². The zero-order valence-corrected chi connectivity index (χ0v) is 20.7. The second-order valence-electron chi connectivity index (χ2n) is 8.83. The summed E-state index contributed by atoms with van der Waals surface area (Å²) >= 11 is 0. The molecule has 3 aromatic rings. The highest BCUT2D eigenvalue weighted by molar-refractivity contribution is 5.95. The predicted octanol–water partition coefficient (Wildman–Crippen LogP) is 4.13. The molecular weight excluding hydrogens is 456 g/mol. The molecule has 1 aliphatic rings. The van der Waals surface area contributed by atoms with Gasteiger partial charge in [0.2, 0.25) is 11.8 Å². The molecule has 0 bridgehead atoms. The molecule has 0 aliphatic carbocycles. The summed E-state index contributed by atoms with van der Waals surface area (Å²) in [6.07, 6.45) is 0. The molecule has 0 aromatic heterocycles. The molecule has 8 nitrogen and oxygen atoms in total. The molecule has 0 saturated carbocycles.